The molecule has 1 atom stereocenters. The zero-order chi connectivity index (χ0) is 9.15. The van der Waals surface area contributed by atoms with Gasteiger partial charge in [0.15, 0.2) is 0 Å². The fourth-order valence-corrected chi connectivity index (χ4v) is 1.71. The van der Waals surface area contributed by atoms with Gasteiger partial charge in [-0.1, -0.05) is 0 Å². The molecule has 1 aromatic heterocycles. The molecule has 1 N–H and O–H groups in total. The lowest BCUT2D eigenvalue weighted by Crippen LogP contribution is -2.40. The molecule has 0 saturated carbocycles. The van der Waals surface area contributed by atoms with Gasteiger partial charge in [-0.15, -0.1) is 0 Å². The third kappa shape index (κ3) is 2.11. The summed E-state index contributed by atoms with van der Waals surface area (Å²) in [6.07, 6.45) is 3.91. The first-order valence-corrected chi connectivity index (χ1v) is 4.61. The SMILES string of the molecule is OC1(Cc2ccco2)CCCOC1. The van der Waals surface area contributed by atoms with Gasteiger partial charge in [0.2, 0.25) is 0 Å². The average molecular weight is 182 g/mol. The monoisotopic (exact) mass is 182 g/mol. The van der Waals surface area contributed by atoms with Crippen LogP contribution in [0.25, 0.3) is 0 Å². The summed E-state index contributed by atoms with van der Waals surface area (Å²) in [5.41, 5.74) is -0.712. The maximum atomic E-state index is 10.1. The van der Waals surface area contributed by atoms with Crippen LogP contribution in [0.5, 0.6) is 0 Å². The highest BCUT2D eigenvalue weighted by Gasteiger charge is 2.31. The smallest absolute Gasteiger partial charge is 0.106 e. The Labute approximate surface area is 77.3 Å². The lowest BCUT2D eigenvalue weighted by atomic mass is 9.92. The molecule has 1 unspecified atom stereocenters. The van der Waals surface area contributed by atoms with E-state index in [9.17, 15) is 5.11 Å². The summed E-state index contributed by atoms with van der Waals surface area (Å²) in [7, 11) is 0. The van der Waals surface area contributed by atoms with Crippen molar-refractivity contribution >= 4 is 0 Å². The van der Waals surface area contributed by atoms with Crippen molar-refractivity contribution in [1.82, 2.24) is 0 Å². The largest absolute Gasteiger partial charge is 0.469 e. The molecule has 72 valence electrons. The molecule has 0 aliphatic carbocycles. The summed E-state index contributed by atoms with van der Waals surface area (Å²) in [6, 6.07) is 3.72. The van der Waals surface area contributed by atoms with Crippen LogP contribution >= 0.6 is 0 Å². The molecule has 2 heterocycles. The van der Waals surface area contributed by atoms with Gasteiger partial charge in [0, 0.05) is 13.0 Å². The second-order valence-electron chi connectivity index (χ2n) is 3.64. The molecule has 1 aromatic rings. The Morgan fingerprint density at radius 3 is 3.08 bits per heavy atom. The third-order valence-electron chi connectivity index (χ3n) is 2.38. The molecule has 3 heteroatoms. The van der Waals surface area contributed by atoms with Crippen LogP contribution in [0.4, 0.5) is 0 Å². The standard InChI is InChI=1S/C10H14O3/c11-10(4-2-5-12-8-10)7-9-3-1-6-13-9/h1,3,6,11H,2,4-5,7-8H2. The summed E-state index contributed by atoms with van der Waals surface area (Å²) in [6.45, 7) is 1.19. The predicted octanol–water partition coefficient (Wildman–Crippen LogP) is 1.36. The number of aliphatic hydroxyl groups is 1. The maximum Gasteiger partial charge on any atom is 0.106 e. The number of furan rings is 1. The van der Waals surface area contributed by atoms with E-state index in [1.807, 2.05) is 12.1 Å². The van der Waals surface area contributed by atoms with E-state index in [4.69, 9.17) is 9.15 Å². The van der Waals surface area contributed by atoms with Crippen molar-refractivity contribution in [3.05, 3.63) is 24.2 Å². The number of hydrogen-bond donors (Lipinski definition) is 1. The van der Waals surface area contributed by atoms with Gasteiger partial charge in [0.25, 0.3) is 0 Å². The molecule has 0 bridgehead atoms. The van der Waals surface area contributed by atoms with Gasteiger partial charge in [-0.2, -0.15) is 0 Å². The van der Waals surface area contributed by atoms with E-state index in [1.54, 1.807) is 6.26 Å². The van der Waals surface area contributed by atoms with E-state index >= 15 is 0 Å². The first-order chi connectivity index (χ1) is 6.29. The van der Waals surface area contributed by atoms with Crippen LogP contribution < -0.4 is 0 Å². The molecule has 3 nitrogen and oxygen atoms in total. The molecule has 0 spiro atoms. The highest BCUT2D eigenvalue weighted by Crippen LogP contribution is 2.23. The van der Waals surface area contributed by atoms with Crippen molar-refractivity contribution in [2.24, 2.45) is 0 Å². The minimum atomic E-state index is -0.712. The number of rotatable bonds is 2. The van der Waals surface area contributed by atoms with Crippen molar-refractivity contribution < 1.29 is 14.3 Å². The summed E-state index contributed by atoms with van der Waals surface area (Å²) < 4.78 is 10.4. The summed E-state index contributed by atoms with van der Waals surface area (Å²) >= 11 is 0. The quantitative estimate of drug-likeness (QED) is 0.751. The van der Waals surface area contributed by atoms with Gasteiger partial charge >= 0.3 is 0 Å². The van der Waals surface area contributed by atoms with Crippen LogP contribution in [-0.2, 0) is 11.2 Å². The highest BCUT2D eigenvalue weighted by molar-refractivity contribution is 5.03. The molecule has 0 radical (unpaired) electrons. The molecule has 1 fully saturated rings. The van der Waals surface area contributed by atoms with Crippen LogP contribution in [0, 0.1) is 0 Å². The predicted molar refractivity (Wildman–Crippen MR) is 47.4 cm³/mol. The summed E-state index contributed by atoms with van der Waals surface area (Å²) in [5.74, 6) is 0.827. The first kappa shape index (κ1) is 8.78. The van der Waals surface area contributed by atoms with Gasteiger partial charge in [0.05, 0.1) is 18.5 Å². The lowest BCUT2D eigenvalue weighted by Gasteiger charge is -2.31. The second-order valence-corrected chi connectivity index (χ2v) is 3.64. The Morgan fingerprint density at radius 2 is 2.46 bits per heavy atom. The third-order valence-corrected chi connectivity index (χ3v) is 2.38. The van der Waals surface area contributed by atoms with Gasteiger partial charge < -0.3 is 14.3 Å². The van der Waals surface area contributed by atoms with Crippen molar-refractivity contribution in [2.45, 2.75) is 24.9 Å². The van der Waals surface area contributed by atoms with Crippen LogP contribution in [0.1, 0.15) is 18.6 Å². The average Bonchev–Trinajstić information content (AvgIpc) is 2.57. The highest BCUT2D eigenvalue weighted by atomic mass is 16.5. The fraction of sp³-hybridized carbons (Fsp3) is 0.600. The van der Waals surface area contributed by atoms with Gasteiger partial charge in [-0.05, 0) is 25.0 Å². The van der Waals surface area contributed by atoms with Crippen molar-refractivity contribution in [3.8, 4) is 0 Å². The molecule has 2 rings (SSSR count). The van der Waals surface area contributed by atoms with Crippen molar-refractivity contribution in [3.63, 3.8) is 0 Å². The van der Waals surface area contributed by atoms with Gasteiger partial charge in [-0.25, -0.2) is 0 Å². The number of ether oxygens (including phenoxy) is 1. The molecular formula is C10H14O3. The Hall–Kier alpha value is -0.800. The van der Waals surface area contributed by atoms with Crippen LogP contribution in [0.15, 0.2) is 22.8 Å². The van der Waals surface area contributed by atoms with Crippen LogP contribution in [0.2, 0.25) is 0 Å². The molecule has 1 saturated heterocycles. The Bertz CT molecular complexity index is 247. The second kappa shape index (κ2) is 3.52. The molecule has 13 heavy (non-hydrogen) atoms. The maximum absolute atomic E-state index is 10.1. The zero-order valence-electron chi connectivity index (χ0n) is 7.53. The van der Waals surface area contributed by atoms with Gasteiger partial charge in [-0.3, -0.25) is 0 Å². The van der Waals surface area contributed by atoms with Crippen LogP contribution in [-0.4, -0.2) is 23.9 Å². The molecule has 1 aliphatic heterocycles. The molecule has 0 aromatic carbocycles. The normalized spacial score (nSPS) is 29.0. The van der Waals surface area contributed by atoms with E-state index in [-0.39, 0.29) is 0 Å². The van der Waals surface area contributed by atoms with Crippen LogP contribution in [0.3, 0.4) is 0 Å². The van der Waals surface area contributed by atoms with Crippen molar-refractivity contribution in [2.75, 3.05) is 13.2 Å². The Balaban J connectivity index is 1.99. The molecule has 0 amide bonds. The van der Waals surface area contributed by atoms with E-state index in [1.165, 1.54) is 0 Å². The fourth-order valence-electron chi connectivity index (χ4n) is 1.71. The topological polar surface area (TPSA) is 42.6 Å². The first-order valence-electron chi connectivity index (χ1n) is 4.61. The Kier molecular flexibility index (Phi) is 2.38. The molecule has 1 aliphatic rings. The summed E-state index contributed by atoms with van der Waals surface area (Å²) in [5, 5.41) is 10.1. The van der Waals surface area contributed by atoms with E-state index < -0.39 is 5.60 Å². The van der Waals surface area contributed by atoms with E-state index in [0.29, 0.717) is 13.0 Å². The van der Waals surface area contributed by atoms with E-state index in [2.05, 4.69) is 0 Å². The number of hydrogen-bond acceptors (Lipinski definition) is 3. The van der Waals surface area contributed by atoms with E-state index in [0.717, 1.165) is 25.2 Å². The Morgan fingerprint density at radius 1 is 1.54 bits per heavy atom. The van der Waals surface area contributed by atoms with Gasteiger partial charge in [0.1, 0.15) is 5.76 Å². The lowest BCUT2D eigenvalue weighted by molar-refractivity contribution is -0.0866. The minimum Gasteiger partial charge on any atom is -0.469 e. The van der Waals surface area contributed by atoms with Crippen molar-refractivity contribution in [1.29, 1.82) is 0 Å². The summed E-state index contributed by atoms with van der Waals surface area (Å²) in [4.78, 5) is 0. The zero-order valence-corrected chi connectivity index (χ0v) is 7.53. The molecular weight excluding hydrogens is 168 g/mol. The minimum absolute atomic E-state index is 0.424.